The van der Waals surface area contributed by atoms with Crippen molar-refractivity contribution in [3.05, 3.63) is 0 Å². The van der Waals surface area contributed by atoms with Gasteiger partial charge in [-0.15, -0.1) is 0 Å². The lowest BCUT2D eigenvalue weighted by Gasteiger charge is -2.30. The first-order valence-electron chi connectivity index (χ1n) is 6.49. The summed E-state index contributed by atoms with van der Waals surface area (Å²) in [6.07, 6.45) is 3.78. The van der Waals surface area contributed by atoms with Gasteiger partial charge in [0.2, 0.25) is 0 Å². The van der Waals surface area contributed by atoms with Crippen LogP contribution in [-0.2, 0) is 13.6 Å². The Labute approximate surface area is 108 Å². The summed E-state index contributed by atoms with van der Waals surface area (Å²) in [4.78, 5) is 12.0. The maximum absolute atomic E-state index is 12.2. The number of hydrogen-bond donors (Lipinski definition) is 2. The fourth-order valence-electron chi connectivity index (χ4n) is 2.07. The van der Waals surface area contributed by atoms with Crippen LogP contribution in [0.1, 0.15) is 39.5 Å². The molecule has 2 unspecified atom stereocenters. The van der Waals surface area contributed by atoms with Crippen LogP contribution in [0.3, 0.4) is 0 Å². The molecule has 6 nitrogen and oxygen atoms in total. The van der Waals surface area contributed by atoms with Crippen molar-refractivity contribution in [3.8, 4) is 0 Å². The molecule has 1 amide bonds. The lowest BCUT2D eigenvalue weighted by molar-refractivity contribution is 0.202. The van der Waals surface area contributed by atoms with Crippen molar-refractivity contribution in [1.82, 2.24) is 5.32 Å². The van der Waals surface area contributed by atoms with Gasteiger partial charge in [-0.1, -0.05) is 12.8 Å². The minimum atomic E-state index is -3.71. The van der Waals surface area contributed by atoms with Crippen LogP contribution in [0.4, 0.5) is 4.79 Å². The third kappa shape index (κ3) is 4.05. The van der Waals surface area contributed by atoms with E-state index in [1.165, 1.54) is 0 Å². The lowest BCUT2D eigenvalue weighted by Crippen LogP contribution is -2.49. The number of nitrogens with two attached hydrogens (primary N) is 1. The van der Waals surface area contributed by atoms with Gasteiger partial charge in [0.1, 0.15) is 0 Å². The lowest BCUT2D eigenvalue weighted by atomic mass is 9.91. The molecule has 0 bridgehead atoms. The van der Waals surface area contributed by atoms with Crippen LogP contribution in [0.5, 0.6) is 0 Å². The van der Waals surface area contributed by atoms with Crippen LogP contribution >= 0.6 is 7.60 Å². The normalized spacial score (nSPS) is 24.8. The molecule has 0 aromatic rings. The number of amides is 1. The summed E-state index contributed by atoms with van der Waals surface area (Å²) in [5.74, 6) is 0. The van der Waals surface area contributed by atoms with Gasteiger partial charge in [-0.25, -0.2) is 4.57 Å². The minimum Gasteiger partial charge on any atom is -0.341 e. The van der Waals surface area contributed by atoms with E-state index in [1.54, 1.807) is 13.8 Å². The predicted octanol–water partition coefficient (Wildman–Crippen LogP) is 2.23. The first-order valence-corrected chi connectivity index (χ1v) is 8.03. The molecule has 0 radical (unpaired) electrons. The van der Waals surface area contributed by atoms with Gasteiger partial charge >= 0.3 is 13.2 Å². The molecule has 1 fully saturated rings. The van der Waals surface area contributed by atoms with Gasteiger partial charge in [0, 0.05) is 12.1 Å². The Kier molecular flexibility index (Phi) is 6.29. The highest BCUT2D eigenvalue weighted by Gasteiger charge is 2.37. The first-order chi connectivity index (χ1) is 8.53. The van der Waals surface area contributed by atoms with Gasteiger partial charge in [0.25, 0.3) is 0 Å². The quantitative estimate of drug-likeness (QED) is 0.727. The van der Waals surface area contributed by atoms with E-state index >= 15 is 0 Å². The third-order valence-electron chi connectivity index (χ3n) is 2.98. The fraction of sp³-hybridized carbons (Fsp3) is 0.909. The van der Waals surface area contributed by atoms with E-state index in [9.17, 15) is 9.36 Å². The summed E-state index contributed by atoms with van der Waals surface area (Å²) >= 11 is 0. The minimum absolute atomic E-state index is 0.0839. The average molecular weight is 278 g/mol. The molecule has 0 aromatic carbocycles. The Morgan fingerprint density at radius 3 is 2.33 bits per heavy atom. The summed E-state index contributed by atoms with van der Waals surface area (Å²) in [5, 5.41) is 2.70. The Balaban J connectivity index is 2.63. The summed E-state index contributed by atoms with van der Waals surface area (Å²) in [6.45, 7) is 3.68. The zero-order chi connectivity index (χ0) is 13.6. The van der Waals surface area contributed by atoms with Gasteiger partial charge in [-0.2, -0.15) is 0 Å². The maximum Gasteiger partial charge on any atom is 0.418 e. The molecule has 2 atom stereocenters. The summed E-state index contributed by atoms with van der Waals surface area (Å²) in [5.41, 5.74) is 5.26. The van der Waals surface area contributed by atoms with Crippen molar-refractivity contribution in [2.75, 3.05) is 13.2 Å². The van der Waals surface area contributed by atoms with E-state index in [2.05, 4.69) is 5.32 Å². The van der Waals surface area contributed by atoms with Crippen molar-refractivity contribution >= 4 is 13.2 Å². The average Bonchev–Trinajstić information content (AvgIpc) is 2.32. The Morgan fingerprint density at radius 1 is 1.28 bits per heavy atom. The number of hydrogen-bond acceptors (Lipinski definition) is 5. The van der Waals surface area contributed by atoms with Crippen molar-refractivity contribution in [3.63, 3.8) is 0 Å². The third-order valence-corrected chi connectivity index (χ3v) is 4.80. The maximum atomic E-state index is 12.2. The van der Waals surface area contributed by atoms with Crippen LogP contribution in [0, 0.1) is 0 Å². The summed E-state index contributed by atoms with van der Waals surface area (Å²) in [6, 6.07) is -0.222. The van der Waals surface area contributed by atoms with Crippen LogP contribution < -0.4 is 11.1 Å². The molecule has 0 aliphatic heterocycles. The summed E-state index contributed by atoms with van der Waals surface area (Å²) < 4.78 is 22.2. The van der Waals surface area contributed by atoms with Gasteiger partial charge in [0.05, 0.1) is 13.2 Å². The van der Waals surface area contributed by atoms with Crippen LogP contribution in [0.15, 0.2) is 0 Å². The molecule has 3 N–H and O–H groups in total. The highest BCUT2D eigenvalue weighted by Crippen LogP contribution is 2.48. The highest BCUT2D eigenvalue weighted by atomic mass is 31.2. The summed E-state index contributed by atoms with van der Waals surface area (Å²) in [7, 11) is -3.71. The molecule has 1 aliphatic rings. The highest BCUT2D eigenvalue weighted by molar-refractivity contribution is 7.71. The largest absolute Gasteiger partial charge is 0.418 e. The standard InChI is InChI=1S/C11H23N2O4P/c1-3-16-18(15,17-4-2)11(14)13-10-8-6-5-7-9(10)12/h9-10H,3-8,12H2,1-2H3,(H,13,14). The molecule has 1 aliphatic carbocycles. The SMILES string of the molecule is CCOP(=O)(OCC)C(=O)NC1CCCCC1N. The number of carbonyl (C=O) groups is 1. The number of carbonyl (C=O) groups excluding carboxylic acids is 1. The van der Waals surface area contributed by atoms with Gasteiger partial charge in [-0.3, -0.25) is 4.79 Å². The second-order valence-corrected chi connectivity index (χ2v) is 6.25. The van der Waals surface area contributed by atoms with Crippen LogP contribution in [-0.4, -0.2) is 30.9 Å². The Bertz CT molecular complexity index is 314. The van der Waals surface area contributed by atoms with Gasteiger partial charge in [-0.05, 0) is 26.7 Å². The molecular weight excluding hydrogens is 255 g/mol. The molecule has 0 heterocycles. The molecule has 0 saturated heterocycles. The molecule has 1 saturated carbocycles. The molecule has 18 heavy (non-hydrogen) atoms. The monoisotopic (exact) mass is 278 g/mol. The molecule has 1 rings (SSSR count). The number of rotatable bonds is 6. The van der Waals surface area contributed by atoms with Crippen molar-refractivity contribution in [2.45, 2.75) is 51.6 Å². The first kappa shape index (κ1) is 15.6. The zero-order valence-corrected chi connectivity index (χ0v) is 11.9. The molecule has 7 heteroatoms. The van der Waals surface area contributed by atoms with Crippen LogP contribution in [0.2, 0.25) is 0 Å². The predicted molar refractivity (Wildman–Crippen MR) is 69.6 cm³/mol. The Hall–Kier alpha value is -0.420. The van der Waals surface area contributed by atoms with E-state index in [0.29, 0.717) is 0 Å². The molecule has 0 spiro atoms. The zero-order valence-electron chi connectivity index (χ0n) is 11.1. The molecule has 0 aromatic heterocycles. The van der Waals surface area contributed by atoms with Crippen molar-refractivity contribution in [1.29, 1.82) is 0 Å². The van der Waals surface area contributed by atoms with Gasteiger partial charge in [0.15, 0.2) is 0 Å². The van der Waals surface area contributed by atoms with E-state index < -0.39 is 13.2 Å². The second-order valence-electron chi connectivity index (χ2n) is 4.34. The molecular formula is C11H23N2O4P. The van der Waals surface area contributed by atoms with E-state index in [1.807, 2.05) is 0 Å². The van der Waals surface area contributed by atoms with E-state index in [4.69, 9.17) is 14.8 Å². The van der Waals surface area contributed by atoms with Gasteiger partial charge < -0.3 is 20.1 Å². The Morgan fingerprint density at radius 2 is 1.83 bits per heavy atom. The number of nitrogens with one attached hydrogen (secondary N) is 1. The van der Waals surface area contributed by atoms with E-state index in [0.717, 1.165) is 25.7 Å². The topological polar surface area (TPSA) is 90.6 Å². The smallest absolute Gasteiger partial charge is 0.341 e. The van der Waals surface area contributed by atoms with Crippen LogP contribution in [0.25, 0.3) is 0 Å². The van der Waals surface area contributed by atoms with E-state index in [-0.39, 0.29) is 25.3 Å². The molecule has 106 valence electrons. The second kappa shape index (κ2) is 7.24. The van der Waals surface area contributed by atoms with Crippen molar-refractivity contribution in [2.24, 2.45) is 5.73 Å². The fourth-order valence-corrected chi connectivity index (χ4v) is 3.38. The van der Waals surface area contributed by atoms with Crippen molar-refractivity contribution < 1.29 is 18.4 Å².